The van der Waals surface area contributed by atoms with Crippen LogP contribution in [0.3, 0.4) is 0 Å². The normalized spacial score (nSPS) is 39.1. The quantitative estimate of drug-likeness (QED) is 0.794. The summed E-state index contributed by atoms with van der Waals surface area (Å²) in [6.07, 6.45) is 11.1. The minimum atomic E-state index is 0.402. The highest BCUT2D eigenvalue weighted by atomic mass is 16.1. The highest BCUT2D eigenvalue weighted by Gasteiger charge is 2.36. The molecule has 3 rings (SSSR count). The zero-order valence-electron chi connectivity index (χ0n) is 10.1. The van der Waals surface area contributed by atoms with Crippen molar-refractivity contribution in [2.24, 2.45) is 11.8 Å². The van der Waals surface area contributed by atoms with Crippen LogP contribution in [0.4, 0.5) is 0 Å². The van der Waals surface area contributed by atoms with E-state index in [4.69, 9.17) is 0 Å². The van der Waals surface area contributed by atoms with Crippen LogP contribution in [0, 0.1) is 11.8 Å². The highest BCUT2D eigenvalue weighted by Crippen LogP contribution is 2.34. The van der Waals surface area contributed by atoms with Crippen LogP contribution in [-0.2, 0) is 4.79 Å². The standard InChI is InChI=1S/C14H23NO/c16-14(7-10-3-1-2-4-10)11-8-12-5-6-13(9-11)15-12/h10-13,15H,1-9H2. The number of carbonyl (C=O) groups excluding carboxylic acids is 1. The van der Waals surface area contributed by atoms with Crippen molar-refractivity contribution in [2.75, 3.05) is 0 Å². The summed E-state index contributed by atoms with van der Waals surface area (Å²) >= 11 is 0. The Kier molecular flexibility index (Phi) is 3.01. The molecule has 16 heavy (non-hydrogen) atoms. The van der Waals surface area contributed by atoms with Gasteiger partial charge in [-0.3, -0.25) is 4.79 Å². The maximum absolute atomic E-state index is 12.2. The molecule has 2 atom stereocenters. The molecule has 1 saturated carbocycles. The third-order valence-electron chi connectivity index (χ3n) is 4.89. The molecule has 0 radical (unpaired) electrons. The average Bonchev–Trinajstić information content (AvgIpc) is 2.89. The summed E-state index contributed by atoms with van der Waals surface area (Å²) in [6.45, 7) is 0. The summed E-state index contributed by atoms with van der Waals surface area (Å²) in [5.74, 6) is 1.73. The zero-order valence-corrected chi connectivity index (χ0v) is 10.1. The van der Waals surface area contributed by atoms with Crippen LogP contribution >= 0.6 is 0 Å². The van der Waals surface area contributed by atoms with Gasteiger partial charge < -0.3 is 5.32 Å². The lowest BCUT2D eigenvalue weighted by Crippen LogP contribution is -2.40. The minimum Gasteiger partial charge on any atom is -0.311 e. The van der Waals surface area contributed by atoms with Gasteiger partial charge in [0.05, 0.1) is 0 Å². The third kappa shape index (κ3) is 2.17. The third-order valence-corrected chi connectivity index (χ3v) is 4.89. The summed E-state index contributed by atoms with van der Waals surface area (Å²) in [7, 11) is 0. The van der Waals surface area contributed by atoms with Crippen molar-refractivity contribution in [3.8, 4) is 0 Å². The molecule has 0 aromatic heterocycles. The van der Waals surface area contributed by atoms with Gasteiger partial charge in [0.25, 0.3) is 0 Å². The van der Waals surface area contributed by atoms with Crippen LogP contribution in [0.15, 0.2) is 0 Å². The van der Waals surface area contributed by atoms with Gasteiger partial charge in [-0.2, -0.15) is 0 Å². The molecule has 2 nitrogen and oxygen atoms in total. The van der Waals surface area contributed by atoms with Gasteiger partial charge in [-0.15, -0.1) is 0 Å². The molecule has 0 amide bonds. The van der Waals surface area contributed by atoms with Gasteiger partial charge in [-0.05, 0) is 31.6 Å². The molecule has 0 aromatic rings. The summed E-state index contributed by atoms with van der Waals surface area (Å²) in [5.41, 5.74) is 0. The Morgan fingerprint density at radius 2 is 1.62 bits per heavy atom. The predicted octanol–water partition coefficient (Wildman–Crippen LogP) is 2.67. The van der Waals surface area contributed by atoms with E-state index in [0.29, 0.717) is 23.8 Å². The van der Waals surface area contributed by atoms with E-state index >= 15 is 0 Å². The minimum absolute atomic E-state index is 0.402. The summed E-state index contributed by atoms with van der Waals surface area (Å²) in [5, 5.41) is 3.62. The van der Waals surface area contributed by atoms with Gasteiger partial charge in [0.2, 0.25) is 0 Å². The highest BCUT2D eigenvalue weighted by molar-refractivity contribution is 5.81. The molecule has 2 saturated heterocycles. The average molecular weight is 221 g/mol. The number of piperidine rings is 1. The van der Waals surface area contributed by atoms with Crippen LogP contribution in [0.25, 0.3) is 0 Å². The maximum Gasteiger partial charge on any atom is 0.136 e. The smallest absolute Gasteiger partial charge is 0.136 e. The molecule has 2 heterocycles. The Labute approximate surface area is 98.2 Å². The van der Waals surface area contributed by atoms with E-state index in [9.17, 15) is 4.79 Å². The first kappa shape index (κ1) is 10.8. The Morgan fingerprint density at radius 3 is 2.25 bits per heavy atom. The first-order chi connectivity index (χ1) is 7.81. The van der Waals surface area contributed by atoms with Gasteiger partial charge in [0.1, 0.15) is 5.78 Å². The SMILES string of the molecule is O=C(CC1CCCC1)C1CC2CCC(C1)N2. The molecule has 3 fully saturated rings. The number of rotatable bonds is 3. The lowest BCUT2D eigenvalue weighted by atomic mass is 9.84. The van der Waals surface area contributed by atoms with Gasteiger partial charge in [-0.25, -0.2) is 0 Å². The molecular formula is C14H23NO. The summed E-state index contributed by atoms with van der Waals surface area (Å²) in [4.78, 5) is 12.2. The number of hydrogen-bond donors (Lipinski definition) is 1. The molecule has 1 aliphatic carbocycles. The van der Waals surface area contributed by atoms with Gasteiger partial charge in [0.15, 0.2) is 0 Å². The summed E-state index contributed by atoms with van der Waals surface area (Å²) < 4.78 is 0. The number of ketones is 1. The first-order valence-corrected chi connectivity index (χ1v) is 7.10. The monoisotopic (exact) mass is 221 g/mol. The van der Waals surface area contributed by atoms with Crippen molar-refractivity contribution < 1.29 is 4.79 Å². The second kappa shape index (κ2) is 4.48. The molecule has 3 aliphatic rings. The second-order valence-electron chi connectivity index (χ2n) is 6.13. The molecular weight excluding hydrogens is 198 g/mol. The van der Waals surface area contributed by atoms with E-state index in [1.54, 1.807) is 0 Å². The molecule has 2 heteroatoms. The van der Waals surface area contributed by atoms with E-state index in [1.807, 2.05) is 0 Å². The van der Waals surface area contributed by atoms with Crippen LogP contribution in [0.1, 0.15) is 57.8 Å². The Balaban J connectivity index is 1.54. The molecule has 2 unspecified atom stereocenters. The fourth-order valence-electron chi connectivity index (χ4n) is 3.99. The number of Topliss-reactive ketones (excluding diaryl/α,β-unsaturated/α-hetero) is 1. The molecule has 2 aliphatic heterocycles. The maximum atomic E-state index is 12.2. The lowest BCUT2D eigenvalue weighted by molar-refractivity contribution is -0.125. The lowest BCUT2D eigenvalue weighted by Gasteiger charge is -2.28. The van der Waals surface area contributed by atoms with E-state index in [2.05, 4.69) is 5.32 Å². The van der Waals surface area contributed by atoms with Crippen molar-refractivity contribution in [3.05, 3.63) is 0 Å². The molecule has 90 valence electrons. The molecule has 2 bridgehead atoms. The molecule has 1 N–H and O–H groups in total. The Hall–Kier alpha value is -0.370. The molecule has 0 spiro atoms. The van der Waals surface area contributed by atoms with Crippen molar-refractivity contribution in [1.29, 1.82) is 0 Å². The van der Waals surface area contributed by atoms with Crippen LogP contribution in [0.2, 0.25) is 0 Å². The topological polar surface area (TPSA) is 29.1 Å². The van der Waals surface area contributed by atoms with Crippen molar-refractivity contribution >= 4 is 5.78 Å². The number of nitrogens with one attached hydrogen (secondary N) is 1. The van der Waals surface area contributed by atoms with Crippen molar-refractivity contribution in [1.82, 2.24) is 5.32 Å². The zero-order chi connectivity index (χ0) is 11.0. The van der Waals surface area contributed by atoms with Crippen LogP contribution < -0.4 is 5.32 Å². The second-order valence-corrected chi connectivity index (χ2v) is 6.13. The first-order valence-electron chi connectivity index (χ1n) is 7.10. The van der Waals surface area contributed by atoms with E-state index in [1.165, 1.54) is 38.5 Å². The largest absolute Gasteiger partial charge is 0.311 e. The van der Waals surface area contributed by atoms with E-state index in [-0.39, 0.29) is 0 Å². The van der Waals surface area contributed by atoms with Crippen molar-refractivity contribution in [3.63, 3.8) is 0 Å². The molecule has 0 aromatic carbocycles. The van der Waals surface area contributed by atoms with Crippen molar-refractivity contribution in [2.45, 2.75) is 69.9 Å². The Morgan fingerprint density at radius 1 is 1.00 bits per heavy atom. The predicted molar refractivity (Wildman–Crippen MR) is 64.3 cm³/mol. The summed E-state index contributed by atoms with van der Waals surface area (Å²) in [6, 6.07) is 1.33. The number of fused-ring (bicyclic) bond motifs is 2. The Bertz CT molecular complexity index is 258. The van der Waals surface area contributed by atoms with Gasteiger partial charge >= 0.3 is 0 Å². The van der Waals surface area contributed by atoms with Crippen LogP contribution in [0.5, 0.6) is 0 Å². The van der Waals surface area contributed by atoms with Gasteiger partial charge in [0, 0.05) is 24.4 Å². The number of carbonyl (C=O) groups is 1. The van der Waals surface area contributed by atoms with E-state index in [0.717, 1.165) is 25.2 Å². The fourth-order valence-corrected chi connectivity index (χ4v) is 3.99. The fraction of sp³-hybridized carbons (Fsp3) is 0.929. The van der Waals surface area contributed by atoms with Crippen LogP contribution in [-0.4, -0.2) is 17.9 Å². The van der Waals surface area contributed by atoms with E-state index < -0.39 is 0 Å². The number of hydrogen-bond acceptors (Lipinski definition) is 2. The van der Waals surface area contributed by atoms with Gasteiger partial charge in [-0.1, -0.05) is 25.7 Å².